The summed E-state index contributed by atoms with van der Waals surface area (Å²) in [7, 11) is 0. The first-order chi connectivity index (χ1) is 11.5. The van der Waals surface area contributed by atoms with Gasteiger partial charge in [0.15, 0.2) is 0 Å². The van der Waals surface area contributed by atoms with E-state index in [1.807, 2.05) is 30.5 Å². The zero-order valence-electron chi connectivity index (χ0n) is 13.2. The summed E-state index contributed by atoms with van der Waals surface area (Å²) in [6.45, 7) is 3.55. The van der Waals surface area contributed by atoms with Crippen molar-refractivity contribution in [3.8, 4) is 5.69 Å². The summed E-state index contributed by atoms with van der Waals surface area (Å²) in [5.74, 6) is -0.468. The Hall–Kier alpha value is -3.36. The number of amides is 1. The van der Waals surface area contributed by atoms with Gasteiger partial charge in [-0.3, -0.25) is 4.79 Å². The van der Waals surface area contributed by atoms with Gasteiger partial charge in [0.2, 0.25) is 5.91 Å². The van der Waals surface area contributed by atoms with Crippen LogP contribution in [0.5, 0.6) is 0 Å². The summed E-state index contributed by atoms with van der Waals surface area (Å²) in [4.78, 5) is 38.9. The number of aryl methyl sites for hydroxylation is 1. The third-order valence-corrected chi connectivity index (χ3v) is 3.75. The molecule has 9 heteroatoms. The molecule has 2 aromatic heterocycles. The average Bonchev–Trinajstić information content (AvgIpc) is 3.05. The van der Waals surface area contributed by atoms with E-state index < -0.39 is 17.3 Å². The monoisotopic (exact) mass is 328 g/mol. The molecule has 0 bridgehead atoms. The summed E-state index contributed by atoms with van der Waals surface area (Å²) in [6.07, 6.45) is 1.74. The largest absolute Gasteiger partial charge is 0.344 e. The number of hydrogen-bond donors (Lipinski definition) is 3. The number of H-pyrrole nitrogens is 2. The highest BCUT2D eigenvalue weighted by Crippen LogP contribution is 2.16. The molecule has 0 saturated carbocycles. The Bertz CT molecular complexity index is 962. The van der Waals surface area contributed by atoms with E-state index in [9.17, 15) is 14.4 Å². The van der Waals surface area contributed by atoms with Crippen LogP contribution in [0, 0.1) is 13.8 Å². The van der Waals surface area contributed by atoms with Gasteiger partial charge in [-0.2, -0.15) is 0 Å². The SMILES string of the molecule is Cc1ncn(-c2ccc(NC(=O)Cn3c(=O)[nH][nH]c3=O)cc2)c1C. The zero-order chi connectivity index (χ0) is 17.3. The lowest BCUT2D eigenvalue weighted by molar-refractivity contribution is -0.116. The second-order valence-electron chi connectivity index (χ2n) is 5.33. The standard InChI is InChI=1S/C15H16N6O3/c1-9-10(2)21(8-16-9)12-5-3-11(4-6-12)17-13(22)7-20-14(23)18-19-15(20)24/h3-6,8H,7H2,1-2H3,(H,17,22)(H,18,23)(H,19,24). The van der Waals surface area contributed by atoms with Gasteiger partial charge in [0.05, 0.1) is 12.0 Å². The van der Waals surface area contributed by atoms with Gasteiger partial charge in [-0.15, -0.1) is 0 Å². The summed E-state index contributed by atoms with van der Waals surface area (Å²) in [6, 6.07) is 7.18. The number of carbonyl (C=O) groups excluding carboxylic acids is 1. The van der Waals surface area contributed by atoms with Crippen LogP contribution in [0.1, 0.15) is 11.4 Å². The van der Waals surface area contributed by atoms with Crippen molar-refractivity contribution in [2.45, 2.75) is 20.4 Å². The highest BCUT2D eigenvalue weighted by atomic mass is 16.2. The van der Waals surface area contributed by atoms with Gasteiger partial charge in [0, 0.05) is 17.1 Å². The Morgan fingerprint density at radius 2 is 1.75 bits per heavy atom. The lowest BCUT2D eigenvalue weighted by atomic mass is 10.2. The molecule has 0 aliphatic rings. The lowest BCUT2D eigenvalue weighted by Gasteiger charge is -2.08. The normalized spacial score (nSPS) is 10.8. The minimum atomic E-state index is -0.656. The van der Waals surface area contributed by atoms with Crippen LogP contribution < -0.4 is 16.7 Å². The Morgan fingerprint density at radius 1 is 1.12 bits per heavy atom. The predicted octanol–water partition coefficient (Wildman–Crippen LogP) is 0.306. The van der Waals surface area contributed by atoms with Crippen LogP contribution in [0.2, 0.25) is 0 Å². The molecule has 0 radical (unpaired) electrons. The van der Waals surface area contributed by atoms with Gasteiger partial charge < -0.3 is 9.88 Å². The van der Waals surface area contributed by atoms with E-state index in [4.69, 9.17) is 0 Å². The number of rotatable bonds is 4. The number of imidazole rings is 1. The minimum Gasteiger partial charge on any atom is -0.325 e. The maximum absolute atomic E-state index is 11.9. The van der Waals surface area contributed by atoms with E-state index in [1.54, 1.807) is 18.5 Å². The molecule has 0 aliphatic carbocycles. The molecule has 0 fully saturated rings. The maximum atomic E-state index is 11.9. The highest BCUT2D eigenvalue weighted by Gasteiger charge is 2.10. The van der Waals surface area contributed by atoms with Gasteiger partial charge >= 0.3 is 11.4 Å². The first-order valence-corrected chi connectivity index (χ1v) is 7.24. The van der Waals surface area contributed by atoms with E-state index >= 15 is 0 Å². The number of aromatic amines is 2. The first kappa shape index (κ1) is 15.5. The fourth-order valence-corrected chi connectivity index (χ4v) is 2.29. The number of anilines is 1. The van der Waals surface area contributed by atoms with Crippen LogP contribution in [0.3, 0.4) is 0 Å². The summed E-state index contributed by atoms with van der Waals surface area (Å²) >= 11 is 0. The van der Waals surface area contributed by atoms with Gasteiger partial charge in [0.1, 0.15) is 6.54 Å². The summed E-state index contributed by atoms with van der Waals surface area (Å²) in [5, 5.41) is 6.88. The third-order valence-electron chi connectivity index (χ3n) is 3.75. The van der Waals surface area contributed by atoms with Crippen molar-refractivity contribution in [3.63, 3.8) is 0 Å². The quantitative estimate of drug-likeness (QED) is 0.638. The fraction of sp³-hybridized carbons (Fsp3) is 0.200. The number of aromatic nitrogens is 5. The van der Waals surface area contributed by atoms with E-state index in [0.29, 0.717) is 5.69 Å². The molecule has 3 aromatic rings. The molecular formula is C15H16N6O3. The Labute approximate surface area is 136 Å². The average molecular weight is 328 g/mol. The van der Waals surface area contributed by atoms with Crippen molar-refractivity contribution in [1.29, 1.82) is 0 Å². The minimum absolute atomic E-state index is 0.362. The van der Waals surface area contributed by atoms with Crippen LogP contribution in [0.4, 0.5) is 5.69 Å². The van der Waals surface area contributed by atoms with Crippen molar-refractivity contribution in [1.82, 2.24) is 24.3 Å². The van der Waals surface area contributed by atoms with Crippen molar-refractivity contribution >= 4 is 11.6 Å². The molecule has 9 nitrogen and oxygen atoms in total. The fourth-order valence-electron chi connectivity index (χ4n) is 2.29. The molecule has 0 spiro atoms. The Morgan fingerprint density at radius 3 is 2.29 bits per heavy atom. The predicted molar refractivity (Wildman–Crippen MR) is 87.3 cm³/mol. The Balaban J connectivity index is 1.72. The molecule has 0 saturated heterocycles. The van der Waals surface area contributed by atoms with Crippen LogP contribution in [0.15, 0.2) is 40.2 Å². The maximum Gasteiger partial charge on any atom is 0.344 e. The van der Waals surface area contributed by atoms with Crippen molar-refractivity contribution in [2.24, 2.45) is 0 Å². The zero-order valence-corrected chi connectivity index (χ0v) is 13.2. The first-order valence-electron chi connectivity index (χ1n) is 7.24. The van der Waals surface area contributed by atoms with Crippen molar-refractivity contribution < 1.29 is 4.79 Å². The number of hydrogen-bond acceptors (Lipinski definition) is 4. The summed E-state index contributed by atoms with van der Waals surface area (Å²) in [5.41, 5.74) is 2.17. The molecule has 1 amide bonds. The molecule has 2 heterocycles. The van der Waals surface area contributed by atoms with Gasteiger partial charge in [-0.05, 0) is 38.1 Å². The van der Waals surface area contributed by atoms with Gasteiger partial charge in [-0.1, -0.05) is 0 Å². The molecule has 24 heavy (non-hydrogen) atoms. The molecule has 3 rings (SSSR count). The molecular weight excluding hydrogens is 312 g/mol. The van der Waals surface area contributed by atoms with E-state index in [2.05, 4.69) is 20.5 Å². The summed E-state index contributed by atoms with van der Waals surface area (Å²) < 4.78 is 2.72. The second kappa shape index (κ2) is 6.03. The van der Waals surface area contributed by atoms with Crippen LogP contribution in [-0.2, 0) is 11.3 Å². The van der Waals surface area contributed by atoms with Crippen LogP contribution >= 0.6 is 0 Å². The van der Waals surface area contributed by atoms with E-state index in [1.165, 1.54) is 0 Å². The Kier molecular flexibility index (Phi) is 3.90. The number of benzene rings is 1. The number of carbonyl (C=O) groups is 1. The topological polar surface area (TPSA) is 118 Å². The molecule has 1 aromatic carbocycles. The van der Waals surface area contributed by atoms with Gasteiger partial charge in [0.25, 0.3) is 0 Å². The van der Waals surface area contributed by atoms with E-state index in [0.717, 1.165) is 21.6 Å². The lowest BCUT2D eigenvalue weighted by Crippen LogP contribution is -2.32. The molecule has 0 unspecified atom stereocenters. The van der Waals surface area contributed by atoms with Crippen molar-refractivity contribution in [2.75, 3.05) is 5.32 Å². The molecule has 0 atom stereocenters. The molecule has 3 N–H and O–H groups in total. The second-order valence-corrected chi connectivity index (χ2v) is 5.33. The highest BCUT2D eigenvalue weighted by molar-refractivity contribution is 5.90. The molecule has 124 valence electrons. The van der Waals surface area contributed by atoms with Crippen molar-refractivity contribution in [3.05, 3.63) is 62.9 Å². The van der Waals surface area contributed by atoms with E-state index in [-0.39, 0.29) is 6.54 Å². The molecule has 0 aliphatic heterocycles. The number of nitrogens with zero attached hydrogens (tertiary/aromatic N) is 3. The van der Waals surface area contributed by atoms with Gasteiger partial charge in [-0.25, -0.2) is 29.3 Å². The van der Waals surface area contributed by atoms with Crippen LogP contribution in [0.25, 0.3) is 5.69 Å². The number of nitrogens with one attached hydrogen (secondary N) is 3. The third kappa shape index (κ3) is 2.91. The van der Waals surface area contributed by atoms with Crippen LogP contribution in [-0.4, -0.2) is 30.2 Å². The smallest absolute Gasteiger partial charge is 0.325 e.